The van der Waals surface area contributed by atoms with Crippen LogP contribution < -0.4 is 0 Å². The number of fused-ring (bicyclic) bond motifs is 1. The van der Waals surface area contributed by atoms with E-state index in [9.17, 15) is 0 Å². The van der Waals surface area contributed by atoms with E-state index in [4.69, 9.17) is 4.74 Å². The number of benzene rings is 1. The minimum absolute atomic E-state index is 0.0867. The first-order chi connectivity index (χ1) is 12.9. The lowest BCUT2D eigenvalue weighted by atomic mass is 9.97. The minimum Gasteiger partial charge on any atom is -0.383 e. The van der Waals surface area contributed by atoms with Gasteiger partial charge in [-0.2, -0.15) is 0 Å². The maximum atomic E-state index is 5.20. The highest BCUT2D eigenvalue weighted by molar-refractivity contribution is 5.30. The molecule has 0 spiro atoms. The lowest BCUT2D eigenvalue weighted by Crippen LogP contribution is -2.36. The van der Waals surface area contributed by atoms with E-state index >= 15 is 0 Å². The third kappa shape index (κ3) is 3.36. The number of rotatable bonds is 6. The minimum atomic E-state index is -0.0867. The summed E-state index contributed by atoms with van der Waals surface area (Å²) in [5, 5.41) is 12.4. The molecule has 0 fully saturated rings. The van der Waals surface area contributed by atoms with Crippen LogP contribution in [-0.4, -0.2) is 50.4 Å². The highest BCUT2D eigenvalue weighted by Gasteiger charge is 2.31. The molecule has 134 valence electrons. The van der Waals surface area contributed by atoms with E-state index < -0.39 is 0 Å². The van der Waals surface area contributed by atoms with E-state index in [1.165, 1.54) is 11.1 Å². The van der Waals surface area contributed by atoms with E-state index in [0.717, 1.165) is 31.0 Å². The Hall–Kier alpha value is -2.64. The molecule has 0 amide bonds. The van der Waals surface area contributed by atoms with Gasteiger partial charge in [-0.1, -0.05) is 30.3 Å². The summed E-state index contributed by atoms with van der Waals surface area (Å²) in [7, 11) is 1.68. The van der Waals surface area contributed by atoms with Crippen LogP contribution >= 0.6 is 0 Å². The molecular weight excluding hydrogens is 328 g/mol. The van der Waals surface area contributed by atoms with E-state index in [1.807, 2.05) is 29.1 Å². The second kappa shape index (κ2) is 7.72. The Bertz CT molecular complexity index is 850. The van der Waals surface area contributed by atoms with Crippen molar-refractivity contribution >= 4 is 0 Å². The van der Waals surface area contributed by atoms with Crippen molar-refractivity contribution in [1.29, 1.82) is 0 Å². The lowest BCUT2D eigenvalue weighted by molar-refractivity contribution is 0.168. The van der Waals surface area contributed by atoms with Crippen molar-refractivity contribution in [2.45, 2.75) is 25.6 Å². The Morgan fingerprint density at radius 1 is 1.12 bits per heavy atom. The van der Waals surface area contributed by atoms with E-state index in [-0.39, 0.29) is 6.04 Å². The second-order valence-electron chi connectivity index (χ2n) is 6.40. The number of tetrazole rings is 1. The van der Waals surface area contributed by atoms with Gasteiger partial charge in [0.15, 0.2) is 5.82 Å². The molecular formula is C19H22N6O. The summed E-state index contributed by atoms with van der Waals surface area (Å²) in [6, 6.07) is 14.5. The number of ether oxygens (including phenoxy) is 1. The van der Waals surface area contributed by atoms with Crippen LogP contribution in [0.5, 0.6) is 0 Å². The fraction of sp³-hybridized carbons (Fsp3) is 0.368. The molecule has 3 heterocycles. The fourth-order valence-electron chi connectivity index (χ4n) is 3.50. The number of pyridine rings is 1. The highest BCUT2D eigenvalue weighted by Crippen LogP contribution is 2.30. The van der Waals surface area contributed by atoms with Crippen LogP contribution in [0.2, 0.25) is 0 Å². The van der Waals surface area contributed by atoms with Crippen LogP contribution in [0.4, 0.5) is 0 Å². The maximum absolute atomic E-state index is 5.20. The predicted octanol–water partition coefficient (Wildman–Crippen LogP) is 1.86. The Labute approximate surface area is 152 Å². The number of aromatic nitrogens is 5. The molecule has 1 aliphatic rings. The third-order valence-corrected chi connectivity index (χ3v) is 4.80. The molecule has 2 aromatic heterocycles. The standard InChI is InChI=1S/C19H22N6O/c1-26-13-12-25-19(21-22-23-25)18(17-8-4-5-10-20-17)24-11-9-15-6-2-3-7-16(15)14-24/h2-8,10,18H,9,11-14H2,1H3. The topological polar surface area (TPSA) is 69.0 Å². The van der Waals surface area contributed by atoms with Gasteiger partial charge in [0, 0.05) is 26.4 Å². The van der Waals surface area contributed by atoms with Gasteiger partial charge in [0.05, 0.1) is 18.8 Å². The molecule has 7 heteroatoms. The van der Waals surface area contributed by atoms with Crippen molar-refractivity contribution < 1.29 is 4.74 Å². The number of hydrogen-bond acceptors (Lipinski definition) is 6. The average Bonchev–Trinajstić information content (AvgIpc) is 3.15. The zero-order chi connectivity index (χ0) is 17.8. The molecule has 1 unspecified atom stereocenters. The van der Waals surface area contributed by atoms with Crippen LogP contribution in [0.25, 0.3) is 0 Å². The molecule has 0 bridgehead atoms. The van der Waals surface area contributed by atoms with Gasteiger partial charge < -0.3 is 4.74 Å². The van der Waals surface area contributed by atoms with Gasteiger partial charge in [0.25, 0.3) is 0 Å². The number of nitrogens with zero attached hydrogens (tertiary/aromatic N) is 6. The van der Waals surface area contributed by atoms with Gasteiger partial charge in [-0.15, -0.1) is 5.10 Å². The van der Waals surface area contributed by atoms with Crippen molar-refractivity contribution in [3.8, 4) is 0 Å². The van der Waals surface area contributed by atoms with Crippen molar-refractivity contribution in [2.24, 2.45) is 0 Å². The maximum Gasteiger partial charge on any atom is 0.174 e. The highest BCUT2D eigenvalue weighted by atomic mass is 16.5. The van der Waals surface area contributed by atoms with Crippen LogP contribution in [0.15, 0.2) is 48.7 Å². The first-order valence-electron chi connectivity index (χ1n) is 8.83. The molecule has 26 heavy (non-hydrogen) atoms. The van der Waals surface area contributed by atoms with Crippen molar-refractivity contribution in [3.05, 3.63) is 71.3 Å². The van der Waals surface area contributed by atoms with Crippen molar-refractivity contribution in [2.75, 3.05) is 20.3 Å². The zero-order valence-corrected chi connectivity index (χ0v) is 14.8. The van der Waals surface area contributed by atoms with E-state index in [2.05, 4.69) is 49.7 Å². The summed E-state index contributed by atoms with van der Waals surface area (Å²) in [5.41, 5.74) is 3.73. The molecule has 3 aromatic rings. The fourth-order valence-corrected chi connectivity index (χ4v) is 3.50. The van der Waals surface area contributed by atoms with Crippen LogP contribution in [0.1, 0.15) is 28.7 Å². The predicted molar refractivity (Wildman–Crippen MR) is 96.3 cm³/mol. The molecule has 0 N–H and O–H groups in total. The quantitative estimate of drug-likeness (QED) is 0.676. The van der Waals surface area contributed by atoms with Gasteiger partial charge in [-0.3, -0.25) is 9.88 Å². The summed E-state index contributed by atoms with van der Waals surface area (Å²) >= 11 is 0. The monoisotopic (exact) mass is 350 g/mol. The normalized spacial score (nSPS) is 15.6. The van der Waals surface area contributed by atoms with Crippen molar-refractivity contribution in [1.82, 2.24) is 30.1 Å². The van der Waals surface area contributed by atoms with Gasteiger partial charge in [0.2, 0.25) is 0 Å². The summed E-state index contributed by atoms with van der Waals surface area (Å²) in [6.07, 6.45) is 2.84. The molecule has 0 aliphatic carbocycles. The van der Waals surface area contributed by atoms with Crippen LogP contribution in [-0.2, 0) is 24.2 Å². The first kappa shape index (κ1) is 16.8. The molecule has 1 atom stereocenters. The van der Waals surface area contributed by atoms with Crippen LogP contribution in [0, 0.1) is 0 Å². The van der Waals surface area contributed by atoms with Gasteiger partial charge in [0.1, 0.15) is 6.04 Å². The molecule has 0 saturated carbocycles. The summed E-state index contributed by atoms with van der Waals surface area (Å²) in [4.78, 5) is 7.01. The smallest absolute Gasteiger partial charge is 0.174 e. The Kier molecular flexibility index (Phi) is 4.99. The van der Waals surface area contributed by atoms with Gasteiger partial charge >= 0.3 is 0 Å². The summed E-state index contributed by atoms with van der Waals surface area (Å²) < 4.78 is 7.02. The molecule has 1 aliphatic heterocycles. The van der Waals surface area contributed by atoms with E-state index in [1.54, 1.807) is 7.11 Å². The van der Waals surface area contributed by atoms with Gasteiger partial charge in [-0.25, -0.2) is 4.68 Å². The second-order valence-corrected chi connectivity index (χ2v) is 6.40. The average molecular weight is 350 g/mol. The molecule has 0 saturated heterocycles. The molecule has 1 aromatic carbocycles. The Morgan fingerprint density at radius 3 is 2.77 bits per heavy atom. The summed E-state index contributed by atoms with van der Waals surface area (Å²) in [5.74, 6) is 0.806. The largest absolute Gasteiger partial charge is 0.383 e. The van der Waals surface area contributed by atoms with Gasteiger partial charge in [-0.05, 0) is 40.1 Å². The first-order valence-corrected chi connectivity index (χ1v) is 8.83. The zero-order valence-electron chi connectivity index (χ0n) is 14.8. The molecule has 0 radical (unpaired) electrons. The van der Waals surface area contributed by atoms with Crippen molar-refractivity contribution in [3.63, 3.8) is 0 Å². The number of hydrogen-bond donors (Lipinski definition) is 0. The summed E-state index contributed by atoms with van der Waals surface area (Å²) in [6.45, 7) is 2.98. The molecule has 4 rings (SSSR count). The lowest BCUT2D eigenvalue weighted by Gasteiger charge is -2.34. The SMILES string of the molecule is COCCn1nnnc1C(c1ccccn1)N1CCc2ccccc2C1. The van der Waals surface area contributed by atoms with Crippen LogP contribution in [0.3, 0.4) is 0 Å². The number of methoxy groups -OCH3 is 1. The Morgan fingerprint density at radius 2 is 1.96 bits per heavy atom. The van der Waals surface area contributed by atoms with E-state index in [0.29, 0.717) is 13.2 Å². The molecule has 7 nitrogen and oxygen atoms in total. The third-order valence-electron chi connectivity index (χ3n) is 4.80. The Balaban J connectivity index is 1.70.